The van der Waals surface area contributed by atoms with E-state index in [1.165, 1.54) is 0 Å². The number of ether oxygens (including phenoxy) is 1. The smallest absolute Gasteiger partial charge is 0.153 e. The van der Waals surface area contributed by atoms with Crippen molar-refractivity contribution in [2.45, 2.75) is 0 Å². The van der Waals surface area contributed by atoms with E-state index in [1.807, 2.05) is 0 Å². The van der Waals surface area contributed by atoms with Crippen molar-refractivity contribution in [1.29, 1.82) is 0 Å². The molecule has 66 valence electrons. The summed E-state index contributed by atoms with van der Waals surface area (Å²) in [5.41, 5.74) is 0.405. The fourth-order valence-electron chi connectivity index (χ4n) is 0.884. The van der Waals surface area contributed by atoms with Gasteiger partial charge in [0.25, 0.3) is 0 Å². The van der Waals surface area contributed by atoms with E-state index in [1.54, 1.807) is 18.2 Å². The van der Waals surface area contributed by atoms with Gasteiger partial charge in [-0.1, -0.05) is 23.6 Å². The second-order valence-electron chi connectivity index (χ2n) is 2.27. The number of terminal acetylenes is 1. The Morgan fingerprint density at radius 1 is 1.62 bits per heavy atom. The third kappa shape index (κ3) is 2.24. The van der Waals surface area contributed by atoms with Gasteiger partial charge in [0.05, 0.1) is 10.6 Å². The zero-order chi connectivity index (χ0) is 9.68. The van der Waals surface area contributed by atoms with Crippen molar-refractivity contribution in [2.24, 2.45) is 0 Å². The first-order chi connectivity index (χ1) is 6.29. The largest absolute Gasteiger partial charge is 0.479 e. The lowest BCUT2D eigenvalue weighted by molar-refractivity contribution is 0.112. The zero-order valence-electron chi connectivity index (χ0n) is 6.79. The minimum atomic E-state index is 0.102. The second-order valence-corrected chi connectivity index (χ2v) is 2.68. The average molecular weight is 195 g/mol. The third-order valence-corrected chi connectivity index (χ3v) is 1.72. The summed E-state index contributed by atoms with van der Waals surface area (Å²) in [6.45, 7) is 0.102. The van der Waals surface area contributed by atoms with Crippen LogP contribution in [0.2, 0.25) is 5.02 Å². The van der Waals surface area contributed by atoms with Gasteiger partial charge in [-0.15, -0.1) is 6.42 Å². The molecule has 1 rings (SSSR count). The van der Waals surface area contributed by atoms with Gasteiger partial charge in [0.1, 0.15) is 12.4 Å². The predicted molar refractivity (Wildman–Crippen MR) is 51.2 cm³/mol. The Bertz CT molecular complexity index is 352. The summed E-state index contributed by atoms with van der Waals surface area (Å²) in [6, 6.07) is 4.93. The van der Waals surface area contributed by atoms with Gasteiger partial charge in [0.15, 0.2) is 6.29 Å². The summed E-state index contributed by atoms with van der Waals surface area (Å²) in [6.07, 6.45) is 5.69. The Morgan fingerprint density at radius 3 is 3.00 bits per heavy atom. The number of para-hydroxylation sites is 1. The molecule has 1 aromatic rings. The number of hydrogen-bond donors (Lipinski definition) is 0. The molecule has 0 aromatic heterocycles. The minimum Gasteiger partial charge on any atom is -0.479 e. The van der Waals surface area contributed by atoms with Crippen LogP contribution >= 0.6 is 11.6 Å². The minimum absolute atomic E-state index is 0.102. The maximum absolute atomic E-state index is 10.6. The Hall–Kier alpha value is -1.46. The molecule has 0 bridgehead atoms. The highest BCUT2D eigenvalue weighted by molar-refractivity contribution is 6.32. The van der Waals surface area contributed by atoms with Crippen LogP contribution < -0.4 is 4.74 Å². The Kier molecular flexibility index (Phi) is 3.36. The van der Waals surface area contributed by atoms with E-state index in [0.29, 0.717) is 22.6 Å². The summed E-state index contributed by atoms with van der Waals surface area (Å²) in [5, 5.41) is 0.389. The highest BCUT2D eigenvalue weighted by Crippen LogP contribution is 2.27. The van der Waals surface area contributed by atoms with Gasteiger partial charge in [-0.05, 0) is 12.1 Å². The zero-order valence-corrected chi connectivity index (χ0v) is 7.54. The SMILES string of the molecule is C#CCOc1c(Cl)cccc1C=O. The van der Waals surface area contributed by atoms with Crippen LogP contribution in [0.25, 0.3) is 0 Å². The molecule has 0 heterocycles. The molecule has 0 amide bonds. The summed E-state index contributed by atoms with van der Waals surface area (Å²) in [7, 11) is 0. The van der Waals surface area contributed by atoms with Crippen LogP contribution in [-0.2, 0) is 0 Å². The van der Waals surface area contributed by atoms with E-state index in [-0.39, 0.29) is 6.61 Å². The van der Waals surface area contributed by atoms with Crippen molar-refractivity contribution >= 4 is 17.9 Å². The summed E-state index contributed by atoms with van der Waals surface area (Å²) < 4.78 is 5.11. The molecular formula is C10H7ClO2. The van der Waals surface area contributed by atoms with E-state index in [4.69, 9.17) is 22.8 Å². The Balaban J connectivity index is 3.01. The summed E-state index contributed by atoms with van der Waals surface area (Å²) in [5.74, 6) is 2.64. The quantitative estimate of drug-likeness (QED) is 0.545. The molecule has 0 atom stereocenters. The van der Waals surface area contributed by atoms with Gasteiger partial charge in [0.2, 0.25) is 0 Å². The molecule has 0 unspecified atom stereocenters. The number of aldehydes is 1. The number of carbonyl (C=O) groups is 1. The van der Waals surface area contributed by atoms with E-state index in [0.717, 1.165) is 0 Å². The van der Waals surface area contributed by atoms with Crippen LogP contribution in [-0.4, -0.2) is 12.9 Å². The van der Waals surface area contributed by atoms with Gasteiger partial charge in [0, 0.05) is 0 Å². The van der Waals surface area contributed by atoms with Gasteiger partial charge in [-0.2, -0.15) is 0 Å². The molecule has 0 fully saturated rings. The van der Waals surface area contributed by atoms with E-state index >= 15 is 0 Å². The van der Waals surface area contributed by atoms with Gasteiger partial charge >= 0.3 is 0 Å². The lowest BCUT2D eigenvalue weighted by Gasteiger charge is -2.06. The number of halogens is 1. The number of benzene rings is 1. The van der Waals surface area contributed by atoms with Crippen molar-refractivity contribution in [2.75, 3.05) is 6.61 Å². The fraction of sp³-hybridized carbons (Fsp3) is 0.100. The monoisotopic (exact) mass is 194 g/mol. The van der Waals surface area contributed by atoms with Crippen LogP contribution in [0.4, 0.5) is 0 Å². The lowest BCUT2D eigenvalue weighted by atomic mass is 10.2. The molecule has 13 heavy (non-hydrogen) atoms. The first-order valence-corrected chi connectivity index (χ1v) is 3.97. The Labute approximate surface area is 81.5 Å². The molecule has 0 aliphatic heterocycles. The maximum Gasteiger partial charge on any atom is 0.153 e. The van der Waals surface area contributed by atoms with Crippen molar-refractivity contribution in [3.05, 3.63) is 28.8 Å². The van der Waals surface area contributed by atoms with Gasteiger partial charge < -0.3 is 4.74 Å². The van der Waals surface area contributed by atoms with Crippen LogP contribution in [0.1, 0.15) is 10.4 Å². The molecule has 1 aromatic carbocycles. The third-order valence-electron chi connectivity index (χ3n) is 1.42. The van der Waals surface area contributed by atoms with Crippen molar-refractivity contribution < 1.29 is 9.53 Å². The molecule has 0 radical (unpaired) electrons. The topological polar surface area (TPSA) is 26.3 Å². The first kappa shape index (κ1) is 9.63. The highest BCUT2D eigenvalue weighted by atomic mass is 35.5. The van der Waals surface area contributed by atoms with E-state index < -0.39 is 0 Å². The highest BCUT2D eigenvalue weighted by Gasteiger charge is 2.06. The molecule has 2 nitrogen and oxygen atoms in total. The molecule has 0 saturated heterocycles. The molecule has 0 spiro atoms. The summed E-state index contributed by atoms with van der Waals surface area (Å²) in [4.78, 5) is 10.6. The van der Waals surface area contributed by atoms with E-state index in [2.05, 4.69) is 5.92 Å². The van der Waals surface area contributed by atoms with Crippen molar-refractivity contribution in [3.63, 3.8) is 0 Å². The molecule has 0 N–H and O–H groups in total. The normalized spacial score (nSPS) is 8.92. The number of rotatable bonds is 3. The standard InChI is InChI=1S/C10H7ClO2/c1-2-6-13-10-8(7-12)4-3-5-9(10)11/h1,3-5,7H,6H2. The first-order valence-electron chi connectivity index (χ1n) is 3.59. The van der Waals surface area contributed by atoms with Gasteiger partial charge in [-0.3, -0.25) is 4.79 Å². The molecule has 3 heteroatoms. The van der Waals surface area contributed by atoms with Crippen LogP contribution in [0.5, 0.6) is 5.75 Å². The van der Waals surface area contributed by atoms with Crippen molar-refractivity contribution in [1.82, 2.24) is 0 Å². The fourth-order valence-corrected chi connectivity index (χ4v) is 1.12. The molecular weight excluding hydrogens is 188 g/mol. The molecule has 0 saturated carbocycles. The second kappa shape index (κ2) is 4.54. The van der Waals surface area contributed by atoms with Crippen LogP contribution in [0, 0.1) is 12.3 Å². The molecule has 0 aliphatic carbocycles. The Morgan fingerprint density at radius 2 is 2.38 bits per heavy atom. The number of hydrogen-bond acceptors (Lipinski definition) is 2. The number of carbonyl (C=O) groups excluding carboxylic acids is 1. The van der Waals surface area contributed by atoms with Crippen molar-refractivity contribution in [3.8, 4) is 18.1 Å². The van der Waals surface area contributed by atoms with Crippen LogP contribution in [0.3, 0.4) is 0 Å². The maximum atomic E-state index is 10.6. The predicted octanol–water partition coefficient (Wildman–Crippen LogP) is 2.16. The van der Waals surface area contributed by atoms with E-state index in [9.17, 15) is 4.79 Å². The van der Waals surface area contributed by atoms with Crippen LogP contribution in [0.15, 0.2) is 18.2 Å². The average Bonchev–Trinajstić information content (AvgIpc) is 2.15. The molecule has 0 aliphatic rings. The van der Waals surface area contributed by atoms with Gasteiger partial charge in [-0.25, -0.2) is 0 Å². The summed E-state index contributed by atoms with van der Waals surface area (Å²) >= 11 is 5.79. The lowest BCUT2D eigenvalue weighted by Crippen LogP contribution is -1.97.